The van der Waals surface area contributed by atoms with E-state index in [0.29, 0.717) is 6.04 Å². The Hall–Kier alpha value is -1.39. The average Bonchev–Trinajstić information content (AvgIpc) is 2.35. The van der Waals surface area contributed by atoms with Gasteiger partial charge < -0.3 is 10.2 Å². The molecule has 0 heterocycles. The van der Waals surface area contributed by atoms with Crippen molar-refractivity contribution in [1.29, 1.82) is 0 Å². The molecule has 106 valence electrons. The van der Waals surface area contributed by atoms with Crippen molar-refractivity contribution in [2.75, 3.05) is 13.2 Å². The molecule has 0 fully saturated rings. The highest BCUT2D eigenvalue weighted by Crippen LogP contribution is 2.11. The lowest BCUT2D eigenvalue weighted by molar-refractivity contribution is -0.136. The Bertz CT molecular complexity index is 387. The van der Waals surface area contributed by atoms with Crippen LogP contribution >= 0.6 is 0 Å². The standard InChI is InChI=1S/C15H23NO3/c1-12(2)16(8-3-9-17)11-14-6-4-13(5-7-14)10-15(18)19/h4-7,12,17H,3,8-11H2,1-2H3,(H,18,19). The molecule has 4 heteroatoms. The van der Waals surface area contributed by atoms with E-state index in [1.165, 1.54) is 5.56 Å². The van der Waals surface area contributed by atoms with Gasteiger partial charge in [0.05, 0.1) is 6.42 Å². The molecule has 1 rings (SSSR count). The van der Waals surface area contributed by atoms with Crippen molar-refractivity contribution >= 4 is 5.97 Å². The second-order valence-electron chi connectivity index (χ2n) is 5.03. The third-order valence-electron chi connectivity index (χ3n) is 3.10. The summed E-state index contributed by atoms with van der Waals surface area (Å²) in [6, 6.07) is 8.12. The first-order chi connectivity index (χ1) is 9.02. The Morgan fingerprint density at radius 3 is 2.26 bits per heavy atom. The molecule has 0 aliphatic heterocycles. The van der Waals surface area contributed by atoms with Gasteiger partial charge in [0.25, 0.3) is 0 Å². The maximum absolute atomic E-state index is 10.6. The minimum Gasteiger partial charge on any atom is -0.481 e. The summed E-state index contributed by atoms with van der Waals surface area (Å²) in [5.74, 6) is -0.806. The molecule has 0 atom stereocenters. The third-order valence-corrected chi connectivity index (χ3v) is 3.10. The topological polar surface area (TPSA) is 60.8 Å². The Kier molecular flexibility index (Phi) is 6.53. The van der Waals surface area contributed by atoms with Gasteiger partial charge in [0.2, 0.25) is 0 Å². The molecule has 0 aliphatic carbocycles. The molecule has 0 spiro atoms. The van der Waals surface area contributed by atoms with Crippen LogP contribution in [-0.2, 0) is 17.8 Å². The summed E-state index contributed by atoms with van der Waals surface area (Å²) in [7, 11) is 0. The maximum Gasteiger partial charge on any atom is 0.307 e. The summed E-state index contributed by atoms with van der Waals surface area (Å²) < 4.78 is 0. The van der Waals surface area contributed by atoms with E-state index in [1.807, 2.05) is 24.3 Å². The van der Waals surface area contributed by atoms with Crippen LogP contribution in [0.5, 0.6) is 0 Å². The van der Waals surface area contributed by atoms with E-state index >= 15 is 0 Å². The predicted molar refractivity (Wildman–Crippen MR) is 75.0 cm³/mol. The van der Waals surface area contributed by atoms with Gasteiger partial charge in [0, 0.05) is 25.7 Å². The van der Waals surface area contributed by atoms with Crippen LogP contribution in [0.1, 0.15) is 31.4 Å². The zero-order chi connectivity index (χ0) is 14.3. The molecular weight excluding hydrogens is 242 g/mol. The summed E-state index contributed by atoms with van der Waals surface area (Å²) in [5.41, 5.74) is 1.99. The molecule has 0 bridgehead atoms. The van der Waals surface area contributed by atoms with Gasteiger partial charge in [-0.1, -0.05) is 24.3 Å². The van der Waals surface area contributed by atoms with Crippen LogP contribution < -0.4 is 0 Å². The Morgan fingerprint density at radius 2 is 1.79 bits per heavy atom. The lowest BCUT2D eigenvalue weighted by atomic mass is 10.1. The van der Waals surface area contributed by atoms with E-state index in [-0.39, 0.29) is 13.0 Å². The summed E-state index contributed by atoms with van der Waals surface area (Å²) in [5, 5.41) is 17.6. The smallest absolute Gasteiger partial charge is 0.307 e. The van der Waals surface area contributed by atoms with Gasteiger partial charge in [0.15, 0.2) is 0 Å². The van der Waals surface area contributed by atoms with Gasteiger partial charge in [-0.05, 0) is 31.4 Å². The van der Waals surface area contributed by atoms with E-state index in [9.17, 15) is 4.79 Å². The number of carboxylic acids is 1. The Balaban J connectivity index is 2.61. The number of benzene rings is 1. The van der Waals surface area contributed by atoms with Crippen molar-refractivity contribution in [3.63, 3.8) is 0 Å². The molecule has 0 amide bonds. The van der Waals surface area contributed by atoms with Crippen molar-refractivity contribution in [1.82, 2.24) is 4.90 Å². The molecule has 0 saturated carbocycles. The molecule has 19 heavy (non-hydrogen) atoms. The molecule has 1 aromatic rings. The monoisotopic (exact) mass is 265 g/mol. The van der Waals surface area contributed by atoms with Gasteiger partial charge >= 0.3 is 5.97 Å². The van der Waals surface area contributed by atoms with Gasteiger partial charge in [0.1, 0.15) is 0 Å². The van der Waals surface area contributed by atoms with Gasteiger partial charge in [-0.15, -0.1) is 0 Å². The lowest BCUT2D eigenvalue weighted by Crippen LogP contribution is -2.31. The number of nitrogens with zero attached hydrogens (tertiary/aromatic N) is 1. The van der Waals surface area contributed by atoms with Crippen molar-refractivity contribution < 1.29 is 15.0 Å². The van der Waals surface area contributed by atoms with Crippen molar-refractivity contribution in [2.45, 2.75) is 39.3 Å². The van der Waals surface area contributed by atoms with Gasteiger partial charge in [-0.3, -0.25) is 9.69 Å². The normalized spacial score (nSPS) is 11.2. The molecule has 2 N–H and O–H groups in total. The highest BCUT2D eigenvalue weighted by Gasteiger charge is 2.09. The number of carbonyl (C=O) groups is 1. The number of aliphatic hydroxyl groups is 1. The van der Waals surface area contributed by atoms with E-state index in [1.54, 1.807) is 0 Å². The molecule has 0 saturated heterocycles. The molecule has 0 aliphatic rings. The minimum absolute atomic E-state index is 0.0681. The van der Waals surface area contributed by atoms with Crippen LogP contribution in [0.25, 0.3) is 0 Å². The number of aliphatic carboxylic acids is 1. The number of aliphatic hydroxyl groups excluding tert-OH is 1. The fraction of sp³-hybridized carbons (Fsp3) is 0.533. The molecule has 1 aromatic carbocycles. The van der Waals surface area contributed by atoms with Crippen LogP contribution in [0, 0.1) is 0 Å². The van der Waals surface area contributed by atoms with Gasteiger partial charge in [-0.2, -0.15) is 0 Å². The largest absolute Gasteiger partial charge is 0.481 e. The van der Waals surface area contributed by atoms with Crippen LogP contribution in [0.2, 0.25) is 0 Å². The summed E-state index contributed by atoms with van der Waals surface area (Å²) in [4.78, 5) is 12.9. The highest BCUT2D eigenvalue weighted by molar-refractivity contribution is 5.70. The lowest BCUT2D eigenvalue weighted by Gasteiger charge is -2.26. The van der Waals surface area contributed by atoms with Crippen molar-refractivity contribution in [3.8, 4) is 0 Å². The molecule has 0 aromatic heterocycles. The van der Waals surface area contributed by atoms with Crippen LogP contribution in [0.3, 0.4) is 0 Å². The first kappa shape index (κ1) is 15.7. The number of carboxylic acid groups (broad SMARTS) is 1. The number of hydrogen-bond acceptors (Lipinski definition) is 3. The first-order valence-electron chi connectivity index (χ1n) is 6.67. The van der Waals surface area contributed by atoms with Crippen LogP contribution in [0.15, 0.2) is 24.3 Å². The van der Waals surface area contributed by atoms with Gasteiger partial charge in [-0.25, -0.2) is 0 Å². The fourth-order valence-electron chi connectivity index (χ4n) is 1.97. The SMILES string of the molecule is CC(C)N(CCCO)Cc1ccc(CC(=O)O)cc1. The number of rotatable bonds is 8. The summed E-state index contributed by atoms with van der Waals surface area (Å²) >= 11 is 0. The quantitative estimate of drug-likeness (QED) is 0.753. The highest BCUT2D eigenvalue weighted by atomic mass is 16.4. The third kappa shape index (κ3) is 5.85. The Morgan fingerprint density at radius 1 is 1.21 bits per heavy atom. The van der Waals surface area contributed by atoms with Crippen LogP contribution in [0.4, 0.5) is 0 Å². The maximum atomic E-state index is 10.6. The average molecular weight is 265 g/mol. The van der Waals surface area contributed by atoms with E-state index in [4.69, 9.17) is 10.2 Å². The number of hydrogen-bond donors (Lipinski definition) is 2. The summed E-state index contributed by atoms with van der Waals surface area (Å²) in [6.45, 7) is 6.17. The molecule has 4 nitrogen and oxygen atoms in total. The summed E-state index contributed by atoms with van der Waals surface area (Å²) in [6.07, 6.45) is 0.841. The zero-order valence-electron chi connectivity index (χ0n) is 11.7. The van der Waals surface area contributed by atoms with Crippen molar-refractivity contribution in [2.24, 2.45) is 0 Å². The first-order valence-corrected chi connectivity index (χ1v) is 6.67. The molecule has 0 radical (unpaired) electrons. The van der Waals surface area contributed by atoms with E-state index in [0.717, 1.165) is 25.1 Å². The van der Waals surface area contributed by atoms with Crippen molar-refractivity contribution in [3.05, 3.63) is 35.4 Å². The second kappa shape index (κ2) is 7.92. The second-order valence-corrected chi connectivity index (χ2v) is 5.03. The van der Waals surface area contributed by atoms with E-state index in [2.05, 4.69) is 18.7 Å². The predicted octanol–water partition coefficient (Wildman–Crippen LogP) is 1.91. The van der Waals surface area contributed by atoms with E-state index < -0.39 is 5.97 Å². The Labute approximate surface area is 114 Å². The molecule has 0 unspecified atom stereocenters. The molecular formula is C15H23NO3. The fourth-order valence-corrected chi connectivity index (χ4v) is 1.97. The zero-order valence-corrected chi connectivity index (χ0v) is 11.7. The minimum atomic E-state index is -0.806. The van der Waals surface area contributed by atoms with Crippen LogP contribution in [-0.4, -0.2) is 40.3 Å².